The number of aryl methyl sites for hydroxylation is 1. The lowest BCUT2D eigenvalue weighted by Gasteiger charge is -2.10. The second kappa shape index (κ2) is 8.56. The van der Waals surface area contributed by atoms with Crippen molar-refractivity contribution >= 4 is 23.3 Å². The van der Waals surface area contributed by atoms with Crippen LogP contribution in [0.2, 0.25) is 0 Å². The number of carbonyl (C=O) groups excluding carboxylic acids is 2. The number of amides is 3. The normalized spacial score (nSPS) is 10.1. The van der Waals surface area contributed by atoms with Gasteiger partial charge < -0.3 is 16.0 Å². The van der Waals surface area contributed by atoms with Gasteiger partial charge in [0.15, 0.2) is 0 Å². The summed E-state index contributed by atoms with van der Waals surface area (Å²) in [7, 11) is 0. The fourth-order valence-electron chi connectivity index (χ4n) is 2.06. The second-order valence-electron chi connectivity index (χ2n) is 5.47. The fourth-order valence-corrected chi connectivity index (χ4v) is 2.06. The number of hydrogen-bond donors (Lipinski definition) is 3. The third kappa shape index (κ3) is 5.55. The lowest BCUT2D eigenvalue weighted by Crippen LogP contribution is -2.39. The summed E-state index contributed by atoms with van der Waals surface area (Å²) in [5.74, 6) is -0.892. The molecule has 26 heavy (non-hydrogen) atoms. The molecule has 0 aromatic heterocycles. The number of urea groups is 1. The number of halogens is 1. The van der Waals surface area contributed by atoms with E-state index >= 15 is 0 Å². The summed E-state index contributed by atoms with van der Waals surface area (Å²) < 4.78 is 12.8. The molecule has 0 atom stereocenters. The van der Waals surface area contributed by atoms with E-state index in [4.69, 9.17) is 0 Å². The smallest absolute Gasteiger partial charge is 0.315 e. The first-order valence-electron chi connectivity index (χ1n) is 7.66. The Balaban J connectivity index is 1.81. The number of carbonyl (C=O) groups is 2. The van der Waals surface area contributed by atoms with E-state index in [0.717, 1.165) is 0 Å². The highest BCUT2D eigenvalue weighted by Gasteiger charge is 2.11. The van der Waals surface area contributed by atoms with Gasteiger partial charge in [0.25, 0.3) is 5.69 Å². The third-order valence-corrected chi connectivity index (χ3v) is 3.48. The van der Waals surface area contributed by atoms with Crippen molar-refractivity contribution < 1.29 is 18.9 Å². The van der Waals surface area contributed by atoms with Crippen LogP contribution >= 0.6 is 0 Å². The van der Waals surface area contributed by atoms with Crippen molar-refractivity contribution in [3.8, 4) is 0 Å². The number of nitro benzene ring substituents is 1. The molecular formula is C17H17FN4O4. The monoisotopic (exact) mass is 360 g/mol. The molecule has 8 nitrogen and oxygen atoms in total. The zero-order chi connectivity index (χ0) is 19.1. The molecule has 9 heteroatoms. The Kier molecular flexibility index (Phi) is 6.20. The molecule has 2 rings (SSSR count). The number of hydrogen-bond acceptors (Lipinski definition) is 4. The summed E-state index contributed by atoms with van der Waals surface area (Å²) >= 11 is 0. The Morgan fingerprint density at radius 3 is 2.46 bits per heavy atom. The Labute approximate surface area is 148 Å². The van der Waals surface area contributed by atoms with Gasteiger partial charge in [0.1, 0.15) is 5.82 Å². The topological polar surface area (TPSA) is 113 Å². The maximum atomic E-state index is 12.8. The Hall–Kier alpha value is -3.49. The molecule has 0 aliphatic heterocycles. The van der Waals surface area contributed by atoms with Gasteiger partial charge in [0, 0.05) is 18.7 Å². The van der Waals surface area contributed by atoms with Crippen molar-refractivity contribution in [3.63, 3.8) is 0 Å². The average molecular weight is 360 g/mol. The summed E-state index contributed by atoms with van der Waals surface area (Å²) in [5.41, 5.74) is 1.52. The summed E-state index contributed by atoms with van der Waals surface area (Å²) in [5, 5.41) is 18.2. The summed E-state index contributed by atoms with van der Waals surface area (Å²) in [4.78, 5) is 33.8. The molecule has 3 N–H and O–H groups in total. The number of anilines is 1. The van der Waals surface area contributed by atoms with Gasteiger partial charge in [-0.15, -0.1) is 0 Å². The zero-order valence-corrected chi connectivity index (χ0v) is 13.9. The number of benzene rings is 2. The van der Waals surface area contributed by atoms with Gasteiger partial charge in [-0.2, -0.15) is 0 Å². The van der Waals surface area contributed by atoms with Crippen LogP contribution in [0.25, 0.3) is 0 Å². The Morgan fingerprint density at radius 1 is 1.12 bits per heavy atom. The molecule has 2 aromatic carbocycles. The lowest BCUT2D eigenvalue weighted by atomic mass is 10.2. The first kappa shape index (κ1) is 18.8. The lowest BCUT2D eigenvalue weighted by molar-refractivity contribution is -0.384. The molecule has 136 valence electrons. The number of nitrogens with one attached hydrogen (secondary N) is 3. The highest BCUT2D eigenvalue weighted by Crippen LogP contribution is 2.21. The molecule has 0 heterocycles. The molecule has 3 amide bonds. The molecule has 0 saturated heterocycles. The van der Waals surface area contributed by atoms with Crippen molar-refractivity contribution in [2.45, 2.75) is 13.5 Å². The van der Waals surface area contributed by atoms with Crippen molar-refractivity contribution in [1.82, 2.24) is 10.6 Å². The standard InChI is InChI=1S/C17H17FN4O4/c1-11-2-7-14(22(25)26)8-15(11)21-16(23)10-20-17(24)19-9-12-3-5-13(18)6-4-12/h2-8H,9-10H2,1H3,(H,21,23)(H2,19,20,24). The predicted molar refractivity (Wildman–Crippen MR) is 93.1 cm³/mol. The molecule has 2 aromatic rings. The van der Waals surface area contributed by atoms with Crippen LogP contribution in [0.5, 0.6) is 0 Å². The molecule has 0 unspecified atom stereocenters. The van der Waals surface area contributed by atoms with Crippen LogP contribution in [-0.2, 0) is 11.3 Å². The minimum atomic E-state index is -0.569. The second-order valence-corrected chi connectivity index (χ2v) is 5.47. The number of non-ortho nitro benzene ring substituents is 1. The molecule has 0 bridgehead atoms. The molecule has 0 fully saturated rings. The molecule has 0 radical (unpaired) electrons. The SMILES string of the molecule is Cc1ccc([N+](=O)[O-])cc1NC(=O)CNC(=O)NCc1ccc(F)cc1. The van der Waals surface area contributed by atoms with E-state index in [0.29, 0.717) is 16.8 Å². The van der Waals surface area contributed by atoms with Gasteiger partial charge in [-0.3, -0.25) is 14.9 Å². The first-order chi connectivity index (χ1) is 12.3. The fraction of sp³-hybridized carbons (Fsp3) is 0.176. The minimum Gasteiger partial charge on any atom is -0.334 e. The maximum absolute atomic E-state index is 12.8. The van der Waals surface area contributed by atoms with Crippen molar-refractivity contribution in [2.24, 2.45) is 0 Å². The summed E-state index contributed by atoms with van der Waals surface area (Å²) in [6, 6.07) is 9.18. The van der Waals surface area contributed by atoms with Gasteiger partial charge >= 0.3 is 6.03 Å². The van der Waals surface area contributed by atoms with Gasteiger partial charge in [-0.05, 0) is 30.2 Å². The third-order valence-electron chi connectivity index (χ3n) is 3.48. The minimum absolute atomic E-state index is 0.143. The average Bonchev–Trinajstić information content (AvgIpc) is 2.61. The van der Waals surface area contributed by atoms with Crippen LogP contribution in [0.1, 0.15) is 11.1 Å². The quantitative estimate of drug-likeness (QED) is 0.542. The Bertz CT molecular complexity index is 824. The molecule has 0 aliphatic rings. The van der Waals surface area contributed by atoms with E-state index in [9.17, 15) is 24.1 Å². The van der Waals surface area contributed by atoms with Crippen molar-refractivity contribution in [3.05, 3.63) is 69.5 Å². The summed E-state index contributed by atoms with van der Waals surface area (Å²) in [6.45, 7) is 1.57. The molecule has 0 aliphatic carbocycles. The van der Waals surface area contributed by atoms with Crippen LogP contribution in [-0.4, -0.2) is 23.4 Å². The van der Waals surface area contributed by atoms with Gasteiger partial charge in [-0.25, -0.2) is 9.18 Å². The highest BCUT2D eigenvalue weighted by molar-refractivity contribution is 5.95. The van der Waals surface area contributed by atoms with E-state index in [1.54, 1.807) is 6.92 Å². The molecule has 0 saturated carbocycles. The van der Waals surface area contributed by atoms with E-state index in [2.05, 4.69) is 16.0 Å². The predicted octanol–water partition coefficient (Wildman–Crippen LogP) is 2.48. The largest absolute Gasteiger partial charge is 0.334 e. The number of nitro groups is 1. The van der Waals surface area contributed by atoms with Gasteiger partial charge in [-0.1, -0.05) is 18.2 Å². The van der Waals surface area contributed by atoms with Crippen LogP contribution in [0.4, 0.5) is 20.6 Å². The van der Waals surface area contributed by atoms with E-state index < -0.39 is 16.9 Å². The first-order valence-corrected chi connectivity index (χ1v) is 7.66. The van der Waals surface area contributed by atoms with E-state index in [-0.39, 0.29) is 24.6 Å². The maximum Gasteiger partial charge on any atom is 0.315 e. The van der Waals surface area contributed by atoms with Crippen LogP contribution in [0.15, 0.2) is 42.5 Å². The zero-order valence-electron chi connectivity index (χ0n) is 13.9. The molecular weight excluding hydrogens is 343 g/mol. The molecule has 0 spiro atoms. The Morgan fingerprint density at radius 2 is 1.81 bits per heavy atom. The van der Waals surface area contributed by atoms with Gasteiger partial charge in [0.05, 0.1) is 17.2 Å². The van der Waals surface area contributed by atoms with Crippen LogP contribution in [0.3, 0.4) is 0 Å². The highest BCUT2D eigenvalue weighted by atomic mass is 19.1. The van der Waals surface area contributed by atoms with E-state index in [1.807, 2.05) is 0 Å². The number of nitrogens with zero attached hydrogens (tertiary/aromatic N) is 1. The van der Waals surface area contributed by atoms with Gasteiger partial charge in [0.2, 0.25) is 5.91 Å². The van der Waals surface area contributed by atoms with Crippen molar-refractivity contribution in [1.29, 1.82) is 0 Å². The van der Waals surface area contributed by atoms with Crippen LogP contribution < -0.4 is 16.0 Å². The summed E-state index contributed by atoms with van der Waals surface area (Å²) in [6.07, 6.45) is 0. The van der Waals surface area contributed by atoms with Crippen LogP contribution in [0, 0.1) is 22.9 Å². The number of rotatable bonds is 6. The van der Waals surface area contributed by atoms with E-state index in [1.165, 1.54) is 42.5 Å². The van der Waals surface area contributed by atoms with Crippen molar-refractivity contribution in [2.75, 3.05) is 11.9 Å².